The lowest BCUT2D eigenvalue weighted by Crippen LogP contribution is -2.51. The molecule has 1 saturated heterocycles. The third-order valence-corrected chi connectivity index (χ3v) is 3.35. The van der Waals surface area contributed by atoms with Crippen molar-refractivity contribution in [2.45, 2.75) is 19.1 Å². The minimum Gasteiger partial charge on any atom is -0.399 e. The van der Waals surface area contributed by atoms with Gasteiger partial charge in [-0.2, -0.15) is 0 Å². The topological polar surface area (TPSA) is 75.8 Å². The first kappa shape index (κ1) is 14.6. The number of nitrogens with zero attached hydrogens (tertiary/aromatic N) is 1. The largest absolute Gasteiger partial charge is 0.399 e. The molecule has 2 unspecified atom stereocenters. The van der Waals surface area contributed by atoms with Crippen LogP contribution in [0.4, 0.5) is 5.69 Å². The number of morpholine rings is 1. The number of nitrogens with two attached hydrogens (primary N) is 1. The van der Waals surface area contributed by atoms with Gasteiger partial charge in [0.2, 0.25) is 5.91 Å². The lowest BCUT2D eigenvalue weighted by molar-refractivity contribution is -0.140. The number of hydrogen-bond acceptors (Lipinski definition) is 4. The van der Waals surface area contributed by atoms with Crippen molar-refractivity contribution in [1.29, 1.82) is 0 Å². The van der Waals surface area contributed by atoms with Gasteiger partial charge in [-0.15, -0.1) is 0 Å². The van der Waals surface area contributed by atoms with E-state index in [1.165, 1.54) is 0 Å². The van der Waals surface area contributed by atoms with Gasteiger partial charge in [-0.3, -0.25) is 4.79 Å². The standard InChI is InChI=1S/C15H20N2O3/c1-11-10-20-14(9-18)8-17(11)15(19)7-4-12-2-5-13(16)6-3-12/h2-7,11,14,18H,8-10,16H2,1H3/b7-4+. The monoisotopic (exact) mass is 276 g/mol. The van der Waals surface area contributed by atoms with Crippen molar-refractivity contribution >= 4 is 17.7 Å². The van der Waals surface area contributed by atoms with Crippen LogP contribution >= 0.6 is 0 Å². The number of carbonyl (C=O) groups is 1. The minimum atomic E-state index is -0.292. The van der Waals surface area contributed by atoms with E-state index in [0.29, 0.717) is 18.8 Å². The molecule has 5 nitrogen and oxygen atoms in total. The first-order chi connectivity index (χ1) is 9.60. The Labute approximate surface area is 118 Å². The van der Waals surface area contributed by atoms with E-state index >= 15 is 0 Å². The predicted octanol–water partition coefficient (Wildman–Crippen LogP) is 0.890. The van der Waals surface area contributed by atoms with E-state index in [1.54, 1.807) is 29.2 Å². The second kappa shape index (κ2) is 6.54. The summed E-state index contributed by atoms with van der Waals surface area (Å²) in [6, 6.07) is 7.32. The van der Waals surface area contributed by atoms with Gasteiger partial charge in [0.25, 0.3) is 0 Å². The molecule has 2 atom stereocenters. The minimum absolute atomic E-state index is 0.0152. The molecule has 0 aliphatic carbocycles. The number of amides is 1. The van der Waals surface area contributed by atoms with Crippen molar-refractivity contribution in [2.75, 3.05) is 25.5 Å². The molecule has 1 fully saturated rings. The molecule has 0 spiro atoms. The van der Waals surface area contributed by atoms with Crippen molar-refractivity contribution in [2.24, 2.45) is 0 Å². The van der Waals surface area contributed by atoms with Crippen LogP contribution < -0.4 is 5.73 Å². The van der Waals surface area contributed by atoms with Gasteiger partial charge in [0.15, 0.2) is 0 Å². The number of nitrogen functional groups attached to an aromatic ring is 1. The van der Waals surface area contributed by atoms with E-state index in [9.17, 15) is 4.79 Å². The van der Waals surface area contributed by atoms with Crippen LogP contribution in [0.15, 0.2) is 30.3 Å². The third-order valence-electron chi connectivity index (χ3n) is 3.35. The molecular weight excluding hydrogens is 256 g/mol. The van der Waals surface area contributed by atoms with Gasteiger partial charge in [0.1, 0.15) is 0 Å². The number of carbonyl (C=O) groups excluding carboxylic acids is 1. The van der Waals surface area contributed by atoms with E-state index < -0.39 is 0 Å². The van der Waals surface area contributed by atoms with Crippen LogP contribution in [0, 0.1) is 0 Å². The predicted molar refractivity (Wildman–Crippen MR) is 77.9 cm³/mol. The van der Waals surface area contributed by atoms with Crippen molar-refractivity contribution in [1.82, 2.24) is 4.90 Å². The molecule has 20 heavy (non-hydrogen) atoms. The molecule has 1 heterocycles. The summed E-state index contributed by atoms with van der Waals surface area (Å²) < 4.78 is 5.41. The number of anilines is 1. The Morgan fingerprint density at radius 3 is 2.85 bits per heavy atom. The number of benzene rings is 1. The highest BCUT2D eigenvalue weighted by molar-refractivity contribution is 5.92. The molecule has 0 aromatic heterocycles. The van der Waals surface area contributed by atoms with E-state index in [1.807, 2.05) is 19.1 Å². The summed E-state index contributed by atoms with van der Waals surface area (Å²) in [5, 5.41) is 9.12. The van der Waals surface area contributed by atoms with Gasteiger partial charge >= 0.3 is 0 Å². The summed E-state index contributed by atoms with van der Waals surface area (Å²) in [6.07, 6.45) is 3.01. The molecule has 1 aliphatic rings. The van der Waals surface area contributed by atoms with Gasteiger partial charge in [0, 0.05) is 18.3 Å². The number of hydrogen-bond donors (Lipinski definition) is 2. The molecule has 1 aliphatic heterocycles. The van der Waals surface area contributed by atoms with E-state index in [0.717, 1.165) is 5.56 Å². The summed E-state index contributed by atoms with van der Waals surface area (Å²) in [5.74, 6) is -0.0731. The maximum Gasteiger partial charge on any atom is 0.246 e. The van der Waals surface area contributed by atoms with Crippen LogP contribution in [-0.2, 0) is 9.53 Å². The van der Waals surface area contributed by atoms with Gasteiger partial charge in [-0.05, 0) is 30.7 Å². The Balaban J connectivity index is 2.01. The Kier molecular flexibility index (Phi) is 4.76. The normalized spacial score (nSPS) is 23.2. The number of aliphatic hydroxyl groups is 1. The quantitative estimate of drug-likeness (QED) is 0.635. The lowest BCUT2D eigenvalue weighted by atomic mass is 10.1. The third kappa shape index (κ3) is 3.59. The van der Waals surface area contributed by atoms with E-state index in [2.05, 4.69) is 0 Å². The molecule has 0 saturated carbocycles. The van der Waals surface area contributed by atoms with Gasteiger partial charge in [-0.1, -0.05) is 12.1 Å². The van der Waals surface area contributed by atoms with Crippen molar-refractivity contribution in [3.63, 3.8) is 0 Å². The maximum absolute atomic E-state index is 12.2. The van der Waals surface area contributed by atoms with Crippen molar-refractivity contribution < 1.29 is 14.6 Å². The zero-order chi connectivity index (χ0) is 14.5. The highest BCUT2D eigenvalue weighted by Gasteiger charge is 2.27. The van der Waals surface area contributed by atoms with Crippen LogP contribution in [0.2, 0.25) is 0 Å². The average Bonchev–Trinajstić information content (AvgIpc) is 2.47. The van der Waals surface area contributed by atoms with Gasteiger partial charge < -0.3 is 20.5 Å². The lowest BCUT2D eigenvalue weighted by Gasteiger charge is -2.36. The molecule has 3 N–H and O–H groups in total. The molecule has 1 amide bonds. The molecule has 2 rings (SSSR count). The summed E-state index contributed by atoms with van der Waals surface area (Å²) in [7, 11) is 0. The second-order valence-corrected chi connectivity index (χ2v) is 4.98. The van der Waals surface area contributed by atoms with Crippen LogP contribution in [-0.4, -0.2) is 47.8 Å². The summed E-state index contributed by atoms with van der Waals surface area (Å²) in [6.45, 7) is 2.73. The highest BCUT2D eigenvalue weighted by Crippen LogP contribution is 2.13. The molecule has 1 aromatic rings. The molecule has 0 radical (unpaired) electrons. The Morgan fingerprint density at radius 2 is 2.20 bits per heavy atom. The number of rotatable bonds is 3. The van der Waals surface area contributed by atoms with Crippen LogP contribution in [0.25, 0.3) is 6.08 Å². The SMILES string of the molecule is CC1COC(CO)CN1C(=O)/C=C/c1ccc(N)cc1. The maximum atomic E-state index is 12.2. The molecule has 108 valence electrons. The fourth-order valence-electron chi connectivity index (χ4n) is 2.11. The molecule has 5 heteroatoms. The van der Waals surface area contributed by atoms with Crippen LogP contribution in [0.5, 0.6) is 0 Å². The summed E-state index contributed by atoms with van der Waals surface area (Å²) >= 11 is 0. The van der Waals surface area contributed by atoms with E-state index in [4.69, 9.17) is 15.6 Å². The molecule has 0 bridgehead atoms. The Hall–Kier alpha value is -1.85. The van der Waals surface area contributed by atoms with Crippen LogP contribution in [0.3, 0.4) is 0 Å². The van der Waals surface area contributed by atoms with Gasteiger partial charge in [0.05, 0.1) is 25.4 Å². The first-order valence-electron chi connectivity index (χ1n) is 6.67. The number of aliphatic hydroxyl groups excluding tert-OH is 1. The van der Waals surface area contributed by atoms with E-state index in [-0.39, 0.29) is 24.7 Å². The smallest absolute Gasteiger partial charge is 0.246 e. The first-order valence-corrected chi connectivity index (χ1v) is 6.67. The number of ether oxygens (including phenoxy) is 1. The Bertz CT molecular complexity index is 484. The zero-order valence-corrected chi connectivity index (χ0v) is 11.5. The second-order valence-electron chi connectivity index (χ2n) is 4.98. The molecule has 1 aromatic carbocycles. The van der Waals surface area contributed by atoms with Gasteiger partial charge in [-0.25, -0.2) is 0 Å². The van der Waals surface area contributed by atoms with Crippen molar-refractivity contribution in [3.05, 3.63) is 35.9 Å². The highest BCUT2D eigenvalue weighted by atomic mass is 16.5. The summed E-state index contributed by atoms with van der Waals surface area (Å²) in [5.41, 5.74) is 7.23. The fourth-order valence-corrected chi connectivity index (χ4v) is 2.11. The van der Waals surface area contributed by atoms with Crippen LogP contribution in [0.1, 0.15) is 12.5 Å². The van der Waals surface area contributed by atoms with Crippen molar-refractivity contribution in [3.8, 4) is 0 Å². The average molecular weight is 276 g/mol. The summed E-state index contributed by atoms with van der Waals surface area (Å²) in [4.78, 5) is 13.9. The zero-order valence-electron chi connectivity index (χ0n) is 11.5. The fraction of sp³-hybridized carbons (Fsp3) is 0.400. The molecular formula is C15H20N2O3. The Morgan fingerprint density at radius 1 is 1.50 bits per heavy atom.